The third-order valence-corrected chi connectivity index (χ3v) is 5.33. The van der Waals surface area contributed by atoms with Crippen LogP contribution in [0.3, 0.4) is 0 Å². The van der Waals surface area contributed by atoms with Crippen LogP contribution >= 0.6 is 23.2 Å². The summed E-state index contributed by atoms with van der Waals surface area (Å²) in [5.74, 6) is -1.81. The standard InChI is InChI=1S/C21H25BCl2N2O4/c1-13(2)11-18(22(29)30)26-21(28)17(12-14-7-4-3-5-8-14)25-20(27)15-9-6-10-16(23)19(15)24/h3-10,13,17-18,29-30H,11-12H2,1-2H3,(H,25,27)(H,26,28)/t17?,18-/m0/s1. The lowest BCUT2D eigenvalue weighted by Crippen LogP contribution is -2.55. The Balaban J connectivity index is 2.24. The van der Waals surface area contributed by atoms with Gasteiger partial charge in [-0.2, -0.15) is 0 Å². The van der Waals surface area contributed by atoms with Crippen molar-refractivity contribution in [3.63, 3.8) is 0 Å². The molecule has 0 saturated heterocycles. The number of hydrogen-bond acceptors (Lipinski definition) is 4. The highest BCUT2D eigenvalue weighted by Crippen LogP contribution is 2.25. The van der Waals surface area contributed by atoms with Crippen molar-refractivity contribution < 1.29 is 19.6 Å². The van der Waals surface area contributed by atoms with E-state index in [1.54, 1.807) is 12.1 Å². The molecule has 0 aliphatic rings. The molecule has 9 heteroatoms. The maximum atomic E-state index is 13.0. The number of halogens is 2. The summed E-state index contributed by atoms with van der Waals surface area (Å²) in [5.41, 5.74) is 0.982. The molecule has 160 valence electrons. The molecule has 6 nitrogen and oxygen atoms in total. The molecule has 2 amide bonds. The molecule has 4 N–H and O–H groups in total. The van der Waals surface area contributed by atoms with Gasteiger partial charge in [0.1, 0.15) is 6.04 Å². The van der Waals surface area contributed by atoms with Gasteiger partial charge in [0.2, 0.25) is 5.91 Å². The normalized spacial score (nSPS) is 12.9. The predicted octanol–water partition coefficient (Wildman–Crippen LogP) is 2.88. The summed E-state index contributed by atoms with van der Waals surface area (Å²) in [6.07, 6.45) is 0.585. The molecular weight excluding hydrogens is 426 g/mol. The van der Waals surface area contributed by atoms with Gasteiger partial charge in [0, 0.05) is 6.42 Å². The second-order valence-corrected chi connectivity index (χ2v) is 8.26. The summed E-state index contributed by atoms with van der Waals surface area (Å²) in [7, 11) is -1.72. The summed E-state index contributed by atoms with van der Waals surface area (Å²) in [4.78, 5) is 25.7. The summed E-state index contributed by atoms with van der Waals surface area (Å²) in [6.45, 7) is 3.82. The molecule has 2 aromatic carbocycles. The number of amides is 2. The van der Waals surface area contributed by atoms with Crippen molar-refractivity contribution in [2.75, 3.05) is 0 Å². The van der Waals surface area contributed by atoms with Crippen molar-refractivity contribution in [3.05, 3.63) is 69.7 Å². The molecule has 0 radical (unpaired) electrons. The average Bonchev–Trinajstić information content (AvgIpc) is 2.69. The molecule has 1 unspecified atom stereocenters. The maximum absolute atomic E-state index is 13.0. The highest BCUT2D eigenvalue weighted by atomic mass is 35.5. The molecule has 0 aliphatic carbocycles. The van der Waals surface area contributed by atoms with Crippen LogP contribution < -0.4 is 10.6 Å². The first-order valence-electron chi connectivity index (χ1n) is 9.64. The Bertz CT molecular complexity index is 865. The second kappa shape index (κ2) is 11.4. The Morgan fingerprint density at radius 2 is 1.67 bits per heavy atom. The molecule has 0 spiro atoms. The summed E-state index contributed by atoms with van der Waals surface area (Å²) in [5, 5.41) is 24.9. The first kappa shape index (κ1) is 24.2. The fourth-order valence-corrected chi connectivity index (χ4v) is 3.41. The maximum Gasteiger partial charge on any atom is 0.475 e. The zero-order chi connectivity index (χ0) is 22.3. The van der Waals surface area contributed by atoms with Crippen LogP contribution in [0.15, 0.2) is 48.5 Å². The van der Waals surface area contributed by atoms with Crippen molar-refractivity contribution >= 4 is 42.1 Å². The van der Waals surface area contributed by atoms with Crippen LogP contribution in [-0.2, 0) is 11.2 Å². The molecule has 0 saturated carbocycles. The van der Waals surface area contributed by atoms with Crippen molar-refractivity contribution in [3.8, 4) is 0 Å². The van der Waals surface area contributed by atoms with Crippen LogP contribution in [-0.4, -0.2) is 41.0 Å². The van der Waals surface area contributed by atoms with Crippen LogP contribution in [0.25, 0.3) is 0 Å². The lowest BCUT2D eigenvalue weighted by Gasteiger charge is -2.24. The third-order valence-electron chi connectivity index (χ3n) is 4.51. The Morgan fingerprint density at radius 1 is 1.00 bits per heavy atom. The number of rotatable bonds is 9. The fourth-order valence-electron chi connectivity index (χ4n) is 3.02. The van der Waals surface area contributed by atoms with E-state index < -0.39 is 30.9 Å². The van der Waals surface area contributed by atoms with Crippen LogP contribution in [0.5, 0.6) is 0 Å². The fraction of sp³-hybridized carbons (Fsp3) is 0.333. The molecule has 0 aromatic heterocycles. The van der Waals surface area contributed by atoms with E-state index >= 15 is 0 Å². The molecule has 0 heterocycles. The topological polar surface area (TPSA) is 98.7 Å². The van der Waals surface area contributed by atoms with E-state index in [0.717, 1.165) is 5.56 Å². The highest BCUT2D eigenvalue weighted by molar-refractivity contribution is 6.44. The average molecular weight is 451 g/mol. The Hall–Kier alpha value is -2.06. The van der Waals surface area contributed by atoms with E-state index in [1.807, 2.05) is 44.2 Å². The van der Waals surface area contributed by atoms with Gasteiger partial charge < -0.3 is 20.7 Å². The lowest BCUT2D eigenvalue weighted by atomic mass is 9.75. The van der Waals surface area contributed by atoms with E-state index in [0.29, 0.717) is 6.42 Å². The van der Waals surface area contributed by atoms with Crippen molar-refractivity contribution in [2.24, 2.45) is 5.92 Å². The van der Waals surface area contributed by atoms with E-state index in [9.17, 15) is 19.6 Å². The van der Waals surface area contributed by atoms with Gasteiger partial charge in [-0.15, -0.1) is 0 Å². The molecule has 0 bridgehead atoms. The zero-order valence-corrected chi connectivity index (χ0v) is 18.3. The van der Waals surface area contributed by atoms with E-state index in [4.69, 9.17) is 23.2 Å². The number of nitrogens with one attached hydrogen (secondary N) is 2. The highest BCUT2D eigenvalue weighted by Gasteiger charge is 2.30. The minimum Gasteiger partial charge on any atom is -0.426 e. The van der Waals surface area contributed by atoms with Gasteiger partial charge in [-0.25, -0.2) is 0 Å². The number of hydrogen-bond donors (Lipinski definition) is 4. The Labute approximate surface area is 186 Å². The van der Waals surface area contributed by atoms with Crippen LogP contribution in [0.1, 0.15) is 36.2 Å². The predicted molar refractivity (Wildman–Crippen MR) is 119 cm³/mol. The van der Waals surface area contributed by atoms with Gasteiger partial charge >= 0.3 is 7.12 Å². The van der Waals surface area contributed by atoms with Crippen molar-refractivity contribution in [2.45, 2.75) is 38.7 Å². The SMILES string of the molecule is CC(C)C[C@H](NC(=O)C(Cc1ccccc1)NC(=O)c1cccc(Cl)c1Cl)B(O)O. The molecular formula is C21H25BCl2N2O4. The minimum absolute atomic E-state index is 0.0963. The molecule has 2 atom stereocenters. The van der Waals surface area contributed by atoms with Gasteiger partial charge in [-0.1, -0.05) is 73.4 Å². The van der Waals surface area contributed by atoms with E-state index in [1.165, 1.54) is 6.07 Å². The minimum atomic E-state index is -1.72. The molecule has 2 aromatic rings. The quantitative estimate of drug-likeness (QED) is 0.441. The monoisotopic (exact) mass is 450 g/mol. The van der Waals surface area contributed by atoms with Crippen LogP contribution in [0, 0.1) is 5.92 Å². The number of carbonyl (C=O) groups is 2. The van der Waals surface area contributed by atoms with Gasteiger partial charge in [-0.05, 0) is 30.0 Å². The van der Waals surface area contributed by atoms with E-state index in [2.05, 4.69) is 10.6 Å². The smallest absolute Gasteiger partial charge is 0.426 e. The summed E-state index contributed by atoms with van der Waals surface area (Å²) < 4.78 is 0. The lowest BCUT2D eigenvalue weighted by molar-refractivity contribution is -0.123. The zero-order valence-electron chi connectivity index (χ0n) is 16.8. The second-order valence-electron chi connectivity index (χ2n) is 7.48. The third kappa shape index (κ3) is 7.02. The van der Waals surface area contributed by atoms with Crippen molar-refractivity contribution in [1.82, 2.24) is 10.6 Å². The van der Waals surface area contributed by atoms with Crippen LogP contribution in [0.4, 0.5) is 0 Å². The first-order chi connectivity index (χ1) is 14.2. The van der Waals surface area contributed by atoms with Gasteiger partial charge in [0.05, 0.1) is 21.5 Å². The Kier molecular flexibility index (Phi) is 9.18. The Morgan fingerprint density at radius 3 is 2.27 bits per heavy atom. The van der Waals surface area contributed by atoms with Gasteiger partial charge in [-0.3, -0.25) is 9.59 Å². The summed E-state index contributed by atoms with van der Waals surface area (Å²) >= 11 is 12.1. The van der Waals surface area contributed by atoms with Crippen LogP contribution in [0.2, 0.25) is 10.0 Å². The number of carbonyl (C=O) groups excluding carboxylic acids is 2. The molecule has 0 aliphatic heterocycles. The van der Waals surface area contributed by atoms with Crippen molar-refractivity contribution in [1.29, 1.82) is 0 Å². The van der Waals surface area contributed by atoms with Gasteiger partial charge in [0.25, 0.3) is 5.91 Å². The molecule has 0 fully saturated rings. The largest absolute Gasteiger partial charge is 0.475 e. The molecule has 2 rings (SSSR count). The number of benzene rings is 2. The van der Waals surface area contributed by atoms with Gasteiger partial charge in [0.15, 0.2) is 0 Å². The molecule has 30 heavy (non-hydrogen) atoms. The first-order valence-corrected chi connectivity index (χ1v) is 10.4. The summed E-state index contributed by atoms with van der Waals surface area (Å²) in [6, 6.07) is 12.9. The van der Waals surface area contributed by atoms with E-state index in [-0.39, 0.29) is 27.9 Å².